The second kappa shape index (κ2) is 6.42. The third-order valence-electron chi connectivity index (χ3n) is 2.10. The highest BCUT2D eigenvalue weighted by molar-refractivity contribution is 5.74. The van der Waals surface area contributed by atoms with Crippen LogP contribution >= 0.6 is 0 Å². The third-order valence-corrected chi connectivity index (χ3v) is 2.10. The van der Waals surface area contributed by atoms with Crippen molar-refractivity contribution in [3.05, 3.63) is 67.0 Å². The fraction of sp³-hybridized carbons (Fsp3) is 0.0714. The van der Waals surface area contributed by atoms with Gasteiger partial charge in [0.25, 0.3) is 0 Å². The molecule has 0 aliphatic carbocycles. The zero-order valence-electron chi connectivity index (χ0n) is 9.74. The highest BCUT2D eigenvalue weighted by Crippen LogP contribution is 2.19. The molecule has 0 saturated carbocycles. The van der Waals surface area contributed by atoms with E-state index in [1.165, 1.54) is 12.1 Å². The first-order valence-corrected chi connectivity index (χ1v) is 5.21. The summed E-state index contributed by atoms with van der Waals surface area (Å²) in [6.07, 6.45) is 3.40. The molecule has 0 aliphatic heterocycles. The molecule has 0 radical (unpaired) electrons. The number of benzene rings is 1. The number of rotatable bonds is 6. The van der Waals surface area contributed by atoms with Crippen LogP contribution in [0.3, 0.4) is 0 Å². The van der Waals surface area contributed by atoms with Crippen LogP contribution < -0.4 is 4.74 Å². The van der Waals surface area contributed by atoms with Crippen LogP contribution in [0.1, 0.15) is 11.7 Å². The molecule has 1 rings (SSSR count). The Balaban J connectivity index is 2.71. The number of hydrogen-bond donors (Lipinski definition) is 2. The molecule has 4 nitrogen and oxygen atoms in total. The minimum absolute atomic E-state index is 0.294. The average Bonchev–Trinajstić information content (AvgIpc) is 2.36. The minimum atomic E-state index is -1.53. The summed E-state index contributed by atoms with van der Waals surface area (Å²) in [5, 5.41) is 17.9. The third kappa shape index (κ3) is 3.92. The van der Waals surface area contributed by atoms with Gasteiger partial charge in [-0.25, -0.2) is 4.79 Å². The predicted molar refractivity (Wildman–Crippen MR) is 68.1 cm³/mol. The molecule has 0 spiro atoms. The van der Waals surface area contributed by atoms with Crippen LogP contribution in [0.25, 0.3) is 0 Å². The van der Waals surface area contributed by atoms with Crippen LogP contribution in [0.5, 0.6) is 5.75 Å². The Labute approximate surface area is 105 Å². The lowest BCUT2D eigenvalue weighted by atomic mass is 10.1. The summed E-state index contributed by atoms with van der Waals surface area (Å²) < 4.78 is 5.35. The van der Waals surface area contributed by atoms with Crippen molar-refractivity contribution >= 4 is 5.97 Å². The van der Waals surface area contributed by atoms with Gasteiger partial charge < -0.3 is 14.9 Å². The van der Waals surface area contributed by atoms with E-state index in [2.05, 4.69) is 13.2 Å². The summed E-state index contributed by atoms with van der Waals surface area (Å²) in [6.45, 7) is 7.19. The maximum atomic E-state index is 10.6. The van der Waals surface area contributed by atoms with Crippen molar-refractivity contribution in [2.24, 2.45) is 0 Å². The van der Waals surface area contributed by atoms with Crippen molar-refractivity contribution in [1.29, 1.82) is 0 Å². The number of carboxylic acid groups (broad SMARTS) is 1. The maximum absolute atomic E-state index is 10.6. The van der Waals surface area contributed by atoms with E-state index >= 15 is 0 Å². The minimum Gasteiger partial charge on any atom is -0.479 e. The van der Waals surface area contributed by atoms with Gasteiger partial charge in [-0.15, -0.1) is 0 Å². The lowest BCUT2D eigenvalue weighted by molar-refractivity contribution is -0.146. The van der Waals surface area contributed by atoms with E-state index in [4.69, 9.17) is 9.84 Å². The summed E-state index contributed by atoms with van der Waals surface area (Å²) in [5.41, 5.74) is 0.294. The van der Waals surface area contributed by atoms with E-state index in [1.54, 1.807) is 30.4 Å². The molecule has 94 valence electrons. The number of ether oxygens (including phenoxy) is 1. The zero-order chi connectivity index (χ0) is 13.5. The van der Waals surface area contributed by atoms with Gasteiger partial charge in [-0.2, -0.15) is 0 Å². The topological polar surface area (TPSA) is 66.8 Å². The molecule has 1 aromatic carbocycles. The second-order valence-electron chi connectivity index (χ2n) is 3.47. The Bertz CT molecular complexity index is 471. The van der Waals surface area contributed by atoms with Crippen molar-refractivity contribution < 1.29 is 19.7 Å². The van der Waals surface area contributed by atoms with Crippen LogP contribution in [-0.4, -0.2) is 16.2 Å². The number of carbonyl (C=O) groups is 1. The fourth-order valence-corrected chi connectivity index (χ4v) is 1.22. The van der Waals surface area contributed by atoms with Crippen molar-refractivity contribution in [2.45, 2.75) is 6.10 Å². The normalized spacial score (nSPS) is 12.1. The van der Waals surface area contributed by atoms with Crippen molar-refractivity contribution in [1.82, 2.24) is 0 Å². The highest BCUT2D eigenvalue weighted by atomic mass is 16.5. The van der Waals surface area contributed by atoms with Gasteiger partial charge in [-0.3, -0.25) is 0 Å². The van der Waals surface area contributed by atoms with Crippen LogP contribution in [0.15, 0.2) is 61.4 Å². The van der Waals surface area contributed by atoms with Crippen LogP contribution in [-0.2, 0) is 4.79 Å². The number of aliphatic hydroxyl groups is 1. The number of hydrogen-bond acceptors (Lipinski definition) is 3. The van der Waals surface area contributed by atoms with E-state index in [0.717, 1.165) is 0 Å². The summed E-state index contributed by atoms with van der Waals surface area (Å²) in [4.78, 5) is 10.6. The first-order chi connectivity index (χ1) is 8.54. The summed E-state index contributed by atoms with van der Waals surface area (Å²) in [7, 11) is 0. The lowest BCUT2D eigenvalue weighted by Crippen LogP contribution is -2.10. The molecule has 0 saturated heterocycles. The molecule has 0 bridgehead atoms. The summed E-state index contributed by atoms with van der Waals surface area (Å²) in [6, 6.07) is 6.10. The van der Waals surface area contributed by atoms with Crippen molar-refractivity contribution in [3.8, 4) is 5.75 Å². The van der Waals surface area contributed by atoms with Crippen molar-refractivity contribution in [2.75, 3.05) is 0 Å². The Kier molecular flexibility index (Phi) is 4.90. The van der Waals surface area contributed by atoms with Gasteiger partial charge in [0.15, 0.2) is 6.10 Å². The maximum Gasteiger partial charge on any atom is 0.337 e. The molecule has 2 N–H and O–H groups in total. The molecule has 0 heterocycles. The van der Waals surface area contributed by atoms with Gasteiger partial charge in [0.05, 0.1) is 0 Å². The molecular weight excluding hydrogens is 232 g/mol. The number of allylic oxidation sites excluding steroid dienone is 3. The standard InChI is InChI=1S/C14H14O4/c1-3-4-5-10(2)18-12-8-6-11(7-9-12)13(15)14(16)17/h3-9,13,15H,1-2H2,(H,16,17)/b5-4-. The van der Waals surface area contributed by atoms with E-state index in [1.807, 2.05) is 0 Å². The molecule has 4 heteroatoms. The number of carboxylic acids is 1. The molecular formula is C14H14O4. The monoisotopic (exact) mass is 246 g/mol. The number of aliphatic carboxylic acids is 1. The predicted octanol–water partition coefficient (Wildman–Crippen LogP) is 2.44. The molecule has 1 unspecified atom stereocenters. The van der Waals surface area contributed by atoms with Crippen LogP contribution in [0.2, 0.25) is 0 Å². The first kappa shape index (κ1) is 13.7. The Hall–Kier alpha value is -2.33. The first-order valence-electron chi connectivity index (χ1n) is 5.21. The van der Waals surface area contributed by atoms with Gasteiger partial charge in [-0.05, 0) is 23.8 Å². The molecule has 1 aromatic rings. The highest BCUT2D eigenvalue weighted by Gasteiger charge is 2.15. The Morgan fingerprint density at radius 2 is 1.94 bits per heavy atom. The molecule has 18 heavy (non-hydrogen) atoms. The van der Waals surface area contributed by atoms with Crippen molar-refractivity contribution in [3.63, 3.8) is 0 Å². The zero-order valence-corrected chi connectivity index (χ0v) is 9.74. The van der Waals surface area contributed by atoms with E-state index in [-0.39, 0.29) is 0 Å². The largest absolute Gasteiger partial charge is 0.479 e. The Morgan fingerprint density at radius 3 is 2.44 bits per heavy atom. The molecule has 1 atom stereocenters. The van der Waals surface area contributed by atoms with E-state index in [9.17, 15) is 9.90 Å². The second-order valence-corrected chi connectivity index (χ2v) is 3.47. The smallest absolute Gasteiger partial charge is 0.337 e. The summed E-state index contributed by atoms with van der Waals surface area (Å²) >= 11 is 0. The molecule has 0 amide bonds. The van der Waals surface area contributed by atoms with E-state index in [0.29, 0.717) is 17.1 Å². The van der Waals surface area contributed by atoms with Gasteiger partial charge in [0.2, 0.25) is 0 Å². The molecule has 0 aromatic heterocycles. The molecule has 0 fully saturated rings. The Morgan fingerprint density at radius 1 is 1.33 bits per heavy atom. The average molecular weight is 246 g/mol. The van der Waals surface area contributed by atoms with Gasteiger partial charge >= 0.3 is 5.97 Å². The SMILES string of the molecule is C=C/C=C\C(=C)Oc1ccc(C(O)C(=O)O)cc1. The fourth-order valence-electron chi connectivity index (χ4n) is 1.22. The molecule has 0 aliphatic rings. The van der Waals surface area contributed by atoms with Crippen LogP contribution in [0, 0.1) is 0 Å². The quantitative estimate of drug-likeness (QED) is 0.597. The van der Waals surface area contributed by atoms with Crippen LogP contribution in [0.4, 0.5) is 0 Å². The number of aliphatic hydroxyl groups excluding tert-OH is 1. The lowest BCUT2D eigenvalue weighted by Gasteiger charge is -2.08. The van der Waals surface area contributed by atoms with E-state index < -0.39 is 12.1 Å². The van der Waals surface area contributed by atoms with Gasteiger partial charge in [0, 0.05) is 0 Å². The van der Waals surface area contributed by atoms with Gasteiger partial charge in [-0.1, -0.05) is 37.4 Å². The van der Waals surface area contributed by atoms with Gasteiger partial charge in [0.1, 0.15) is 11.5 Å². The summed E-state index contributed by atoms with van der Waals surface area (Å²) in [5.74, 6) is -0.349.